The molecule has 1 fully saturated rings. The number of thiocarbonyl (C=S) groups is 1. The van der Waals surface area contributed by atoms with Crippen molar-refractivity contribution >= 4 is 27.0 Å². The number of sulfone groups is 1. The van der Waals surface area contributed by atoms with Crippen LogP contribution in [0.5, 0.6) is 0 Å². The Hall–Kier alpha value is -0.200. The molecule has 0 saturated carbocycles. The van der Waals surface area contributed by atoms with Crippen molar-refractivity contribution in [2.24, 2.45) is 5.73 Å². The Bertz CT molecular complexity index is 354. The number of hydrogen-bond donors (Lipinski definition) is 1. The van der Waals surface area contributed by atoms with Gasteiger partial charge in [-0.05, 0) is 19.9 Å². The van der Waals surface area contributed by atoms with Crippen LogP contribution in [-0.2, 0) is 9.84 Å². The van der Waals surface area contributed by atoms with Crippen molar-refractivity contribution < 1.29 is 8.42 Å². The summed E-state index contributed by atoms with van der Waals surface area (Å²) in [5.74, 6) is 0.586. The Morgan fingerprint density at radius 1 is 1.62 bits per heavy atom. The van der Waals surface area contributed by atoms with E-state index in [0.29, 0.717) is 17.2 Å². The average Bonchev–Trinajstić information content (AvgIpc) is 2.54. The zero-order valence-corrected chi connectivity index (χ0v) is 11.5. The quantitative estimate of drug-likeness (QED) is 0.735. The number of nitrogens with zero attached hydrogens (tertiary/aromatic N) is 1. The topological polar surface area (TPSA) is 63.4 Å². The van der Waals surface area contributed by atoms with Crippen LogP contribution in [0, 0.1) is 0 Å². The summed E-state index contributed by atoms with van der Waals surface area (Å²) < 4.78 is 22.8. The van der Waals surface area contributed by atoms with Crippen LogP contribution in [0.25, 0.3) is 0 Å². The lowest BCUT2D eigenvalue weighted by atomic mass is 10.1. The molecule has 0 bridgehead atoms. The van der Waals surface area contributed by atoms with Gasteiger partial charge in [0.15, 0.2) is 9.84 Å². The van der Waals surface area contributed by atoms with Crippen LogP contribution >= 0.6 is 12.2 Å². The molecule has 94 valence electrons. The van der Waals surface area contributed by atoms with Gasteiger partial charge in [0.25, 0.3) is 0 Å². The molecule has 0 aromatic rings. The third-order valence-corrected chi connectivity index (χ3v) is 5.19. The summed E-state index contributed by atoms with van der Waals surface area (Å²) in [6.07, 6.45) is 2.33. The Labute approximate surface area is 103 Å². The molecule has 4 nitrogen and oxygen atoms in total. The van der Waals surface area contributed by atoms with Crippen molar-refractivity contribution in [1.82, 2.24) is 4.90 Å². The van der Waals surface area contributed by atoms with Gasteiger partial charge in [-0.25, -0.2) is 8.42 Å². The van der Waals surface area contributed by atoms with Gasteiger partial charge in [-0.2, -0.15) is 0 Å². The van der Waals surface area contributed by atoms with Crippen molar-refractivity contribution in [3.8, 4) is 0 Å². The summed E-state index contributed by atoms with van der Waals surface area (Å²) in [5.41, 5.74) is 5.55. The molecule has 6 heteroatoms. The molecular formula is C10H20N2O2S2. The van der Waals surface area contributed by atoms with Gasteiger partial charge in [-0.15, -0.1) is 0 Å². The SMILES string of the molecule is CCC(CC(N)=S)N(C)C1CCS(=O)(=O)C1. The lowest BCUT2D eigenvalue weighted by Crippen LogP contribution is -2.42. The molecule has 0 radical (unpaired) electrons. The largest absolute Gasteiger partial charge is 0.393 e. The average molecular weight is 264 g/mol. The van der Waals surface area contributed by atoms with Gasteiger partial charge in [0.1, 0.15) is 0 Å². The van der Waals surface area contributed by atoms with E-state index in [1.54, 1.807) is 0 Å². The molecule has 1 aliphatic rings. The van der Waals surface area contributed by atoms with Crippen molar-refractivity contribution in [3.05, 3.63) is 0 Å². The Balaban J connectivity index is 2.62. The second-order valence-electron chi connectivity index (χ2n) is 4.45. The highest BCUT2D eigenvalue weighted by molar-refractivity contribution is 7.91. The summed E-state index contributed by atoms with van der Waals surface area (Å²) in [5, 5.41) is 0. The predicted octanol–water partition coefficient (Wildman–Crippen LogP) is 0.560. The van der Waals surface area contributed by atoms with Gasteiger partial charge >= 0.3 is 0 Å². The van der Waals surface area contributed by atoms with Crippen LogP contribution in [0.1, 0.15) is 26.2 Å². The van der Waals surface area contributed by atoms with E-state index in [1.165, 1.54) is 0 Å². The molecule has 0 aromatic heterocycles. The van der Waals surface area contributed by atoms with E-state index in [2.05, 4.69) is 11.8 Å². The summed E-state index contributed by atoms with van der Waals surface area (Å²) in [6.45, 7) is 2.07. The smallest absolute Gasteiger partial charge is 0.151 e. The summed E-state index contributed by atoms with van der Waals surface area (Å²) >= 11 is 4.91. The van der Waals surface area contributed by atoms with Gasteiger partial charge in [-0.1, -0.05) is 19.1 Å². The molecular weight excluding hydrogens is 244 g/mol. The highest BCUT2D eigenvalue weighted by Crippen LogP contribution is 2.20. The molecule has 1 saturated heterocycles. The lowest BCUT2D eigenvalue weighted by molar-refractivity contribution is 0.186. The van der Waals surface area contributed by atoms with E-state index in [-0.39, 0.29) is 17.8 Å². The summed E-state index contributed by atoms with van der Waals surface area (Å²) in [4.78, 5) is 2.63. The standard InChI is InChI=1S/C10H20N2O2S2/c1-3-8(6-10(11)15)12(2)9-4-5-16(13,14)7-9/h8-9H,3-7H2,1-2H3,(H2,11,15). The Morgan fingerprint density at radius 3 is 2.62 bits per heavy atom. The molecule has 2 N–H and O–H groups in total. The molecule has 0 aromatic carbocycles. The van der Waals surface area contributed by atoms with E-state index >= 15 is 0 Å². The van der Waals surface area contributed by atoms with Crippen molar-refractivity contribution in [3.63, 3.8) is 0 Å². The van der Waals surface area contributed by atoms with Gasteiger partial charge in [0, 0.05) is 18.5 Å². The third kappa shape index (κ3) is 3.68. The zero-order valence-electron chi connectivity index (χ0n) is 9.85. The molecule has 1 heterocycles. The second-order valence-corrected chi connectivity index (χ2v) is 7.21. The molecule has 1 aliphatic heterocycles. The van der Waals surface area contributed by atoms with Crippen molar-refractivity contribution in [2.45, 2.75) is 38.3 Å². The number of hydrogen-bond acceptors (Lipinski definition) is 4. The molecule has 0 aliphatic carbocycles. The van der Waals surface area contributed by atoms with E-state index in [0.717, 1.165) is 12.8 Å². The van der Waals surface area contributed by atoms with Crippen molar-refractivity contribution in [1.29, 1.82) is 0 Å². The van der Waals surface area contributed by atoms with Crippen LogP contribution in [0.4, 0.5) is 0 Å². The number of rotatable bonds is 5. The molecule has 16 heavy (non-hydrogen) atoms. The first-order valence-electron chi connectivity index (χ1n) is 5.56. The van der Waals surface area contributed by atoms with Crippen LogP contribution in [0.3, 0.4) is 0 Å². The van der Waals surface area contributed by atoms with Crippen LogP contribution in [0.15, 0.2) is 0 Å². The van der Waals surface area contributed by atoms with Crippen LogP contribution in [0.2, 0.25) is 0 Å². The maximum Gasteiger partial charge on any atom is 0.151 e. The fourth-order valence-electron chi connectivity index (χ4n) is 2.20. The fraction of sp³-hybridized carbons (Fsp3) is 0.900. The van der Waals surface area contributed by atoms with Gasteiger partial charge < -0.3 is 5.73 Å². The first-order chi connectivity index (χ1) is 7.35. The highest BCUT2D eigenvalue weighted by Gasteiger charge is 2.33. The maximum absolute atomic E-state index is 11.4. The van der Waals surface area contributed by atoms with Crippen molar-refractivity contribution in [2.75, 3.05) is 18.6 Å². The van der Waals surface area contributed by atoms with Gasteiger partial charge in [-0.3, -0.25) is 4.90 Å². The van der Waals surface area contributed by atoms with Gasteiger partial charge in [0.2, 0.25) is 0 Å². The summed E-state index contributed by atoms with van der Waals surface area (Å²) in [7, 11) is -0.846. The predicted molar refractivity (Wildman–Crippen MR) is 70.3 cm³/mol. The first kappa shape index (κ1) is 13.9. The minimum Gasteiger partial charge on any atom is -0.393 e. The third-order valence-electron chi connectivity index (χ3n) is 3.27. The molecule has 2 unspecified atom stereocenters. The minimum absolute atomic E-state index is 0.129. The molecule has 2 atom stereocenters. The Morgan fingerprint density at radius 2 is 2.25 bits per heavy atom. The minimum atomic E-state index is -2.82. The second kappa shape index (κ2) is 5.42. The maximum atomic E-state index is 11.4. The van der Waals surface area contributed by atoms with E-state index in [1.807, 2.05) is 7.05 Å². The zero-order chi connectivity index (χ0) is 12.3. The summed E-state index contributed by atoms with van der Waals surface area (Å²) in [6, 6.07) is 0.389. The fourth-order valence-corrected chi connectivity index (χ4v) is 4.18. The molecule has 0 amide bonds. The lowest BCUT2D eigenvalue weighted by Gasteiger charge is -2.31. The highest BCUT2D eigenvalue weighted by atomic mass is 32.2. The first-order valence-corrected chi connectivity index (χ1v) is 7.79. The Kier molecular flexibility index (Phi) is 4.70. The molecule has 1 rings (SSSR count). The molecule has 0 spiro atoms. The monoisotopic (exact) mass is 264 g/mol. The van der Waals surface area contributed by atoms with Crippen LogP contribution in [-0.4, -0.2) is 48.9 Å². The van der Waals surface area contributed by atoms with E-state index in [9.17, 15) is 8.42 Å². The normalized spacial score (nSPS) is 25.8. The number of nitrogens with two attached hydrogens (primary N) is 1. The van der Waals surface area contributed by atoms with Gasteiger partial charge in [0.05, 0.1) is 16.5 Å². The van der Waals surface area contributed by atoms with E-state index in [4.69, 9.17) is 18.0 Å². The van der Waals surface area contributed by atoms with Crippen LogP contribution < -0.4 is 5.73 Å². The van der Waals surface area contributed by atoms with E-state index < -0.39 is 9.84 Å².